The van der Waals surface area contributed by atoms with Gasteiger partial charge in [0.1, 0.15) is 5.82 Å². The van der Waals surface area contributed by atoms with Gasteiger partial charge in [0.25, 0.3) is 0 Å². The molecule has 0 amide bonds. The molecule has 0 bridgehead atoms. The lowest BCUT2D eigenvalue weighted by Crippen LogP contribution is -2.37. The summed E-state index contributed by atoms with van der Waals surface area (Å²) in [7, 11) is 2.17. The topological polar surface area (TPSA) is 41.1 Å². The molecule has 0 spiro atoms. The molecule has 1 aromatic rings. The molecule has 1 aliphatic carbocycles. The molecule has 4 heteroatoms. The molecule has 4 nitrogen and oxygen atoms in total. The van der Waals surface area contributed by atoms with Crippen molar-refractivity contribution in [3.05, 3.63) is 11.8 Å². The monoisotopic (exact) mass is 290 g/mol. The Morgan fingerprint density at radius 3 is 2.57 bits per heavy atom. The van der Waals surface area contributed by atoms with Crippen LogP contribution >= 0.6 is 0 Å². The van der Waals surface area contributed by atoms with Gasteiger partial charge in [-0.05, 0) is 44.4 Å². The van der Waals surface area contributed by atoms with Crippen molar-refractivity contribution in [2.45, 2.75) is 65.8 Å². The Kier molecular flexibility index (Phi) is 5.07. The summed E-state index contributed by atoms with van der Waals surface area (Å²) in [4.78, 5) is 11.5. The van der Waals surface area contributed by atoms with E-state index in [1.165, 1.54) is 25.7 Å². The summed E-state index contributed by atoms with van der Waals surface area (Å²) in [6.07, 6.45) is 6.19. The van der Waals surface area contributed by atoms with Gasteiger partial charge in [0.2, 0.25) is 5.95 Å². The smallest absolute Gasteiger partial charge is 0.224 e. The van der Waals surface area contributed by atoms with E-state index in [-0.39, 0.29) is 0 Å². The number of anilines is 2. The minimum Gasteiger partial charge on any atom is -0.357 e. The predicted octanol–water partition coefficient (Wildman–Crippen LogP) is 4.01. The third kappa shape index (κ3) is 4.32. The van der Waals surface area contributed by atoms with Gasteiger partial charge in [-0.2, -0.15) is 4.98 Å². The van der Waals surface area contributed by atoms with E-state index in [0.29, 0.717) is 11.5 Å². The van der Waals surface area contributed by atoms with Gasteiger partial charge in [0, 0.05) is 31.4 Å². The van der Waals surface area contributed by atoms with Crippen LogP contribution in [0.4, 0.5) is 11.8 Å². The molecule has 1 aromatic heterocycles. The van der Waals surface area contributed by atoms with Crippen molar-refractivity contribution in [2.24, 2.45) is 5.41 Å². The summed E-state index contributed by atoms with van der Waals surface area (Å²) in [5, 5.41) is 3.30. The maximum Gasteiger partial charge on any atom is 0.224 e. The second-order valence-corrected chi connectivity index (χ2v) is 7.12. The average molecular weight is 290 g/mol. The number of nitrogens with zero attached hydrogens (tertiary/aromatic N) is 3. The van der Waals surface area contributed by atoms with Gasteiger partial charge in [0.15, 0.2) is 0 Å². The van der Waals surface area contributed by atoms with E-state index < -0.39 is 0 Å². The van der Waals surface area contributed by atoms with Crippen LogP contribution in [0.25, 0.3) is 0 Å². The van der Waals surface area contributed by atoms with Crippen LogP contribution in [0.3, 0.4) is 0 Å². The van der Waals surface area contributed by atoms with E-state index in [1.54, 1.807) is 0 Å². The van der Waals surface area contributed by atoms with Gasteiger partial charge in [-0.3, -0.25) is 0 Å². The van der Waals surface area contributed by atoms with Crippen molar-refractivity contribution >= 4 is 11.8 Å². The highest BCUT2D eigenvalue weighted by Gasteiger charge is 2.29. The van der Waals surface area contributed by atoms with Crippen molar-refractivity contribution in [1.29, 1.82) is 0 Å². The van der Waals surface area contributed by atoms with Crippen LogP contribution in [0.2, 0.25) is 0 Å². The first-order valence-electron chi connectivity index (χ1n) is 8.24. The molecule has 1 heterocycles. The molecule has 118 valence electrons. The number of aromatic nitrogens is 2. The summed E-state index contributed by atoms with van der Waals surface area (Å²) in [6, 6.07) is 2.70. The van der Waals surface area contributed by atoms with Crippen LogP contribution in [-0.2, 0) is 0 Å². The fourth-order valence-electron chi connectivity index (χ4n) is 3.01. The van der Waals surface area contributed by atoms with Crippen molar-refractivity contribution in [1.82, 2.24) is 9.97 Å². The van der Waals surface area contributed by atoms with Crippen LogP contribution < -0.4 is 10.2 Å². The molecule has 21 heavy (non-hydrogen) atoms. The minimum atomic E-state index is 0.507. The van der Waals surface area contributed by atoms with Gasteiger partial charge >= 0.3 is 0 Å². The molecule has 1 saturated carbocycles. The standard InChI is InChI=1S/C17H30N4/c1-6-11-18-16-19-13(2)12-15(20-16)21(5)14-7-9-17(3,4)10-8-14/h12,14H,6-11H2,1-5H3,(H,18,19,20). The maximum atomic E-state index is 4.69. The summed E-state index contributed by atoms with van der Waals surface area (Å²) in [5.74, 6) is 1.81. The highest BCUT2D eigenvalue weighted by molar-refractivity contribution is 5.45. The van der Waals surface area contributed by atoms with Crippen LogP contribution in [0.1, 0.15) is 58.6 Å². The Morgan fingerprint density at radius 2 is 1.95 bits per heavy atom. The molecule has 0 aliphatic heterocycles. The predicted molar refractivity (Wildman–Crippen MR) is 90.0 cm³/mol. The van der Waals surface area contributed by atoms with E-state index >= 15 is 0 Å². The summed E-state index contributed by atoms with van der Waals surface area (Å²) >= 11 is 0. The average Bonchev–Trinajstić information content (AvgIpc) is 2.44. The zero-order valence-corrected chi connectivity index (χ0v) is 14.2. The Bertz CT molecular complexity index is 460. The zero-order chi connectivity index (χ0) is 15.5. The Labute approximate surface area is 129 Å². The summed E-state index contributed by atoms with van der Waals surface area (Å²) < 4.78 is 0. The third-order valence-electron chi connectivity index (χ3n) is 4.59. The van der Waals surface area contributed by atoms with Gasteiger partial charge < -0.3 is 10.2 Å². The van der Waals surface area contributed by atoms with Gasteiger partial charge in [-0.15, -0.1) is 0 Å². The van der Waals surface area contributed by atoms with Gasteiger partial charge in [0.05, 0.1) is 0 Å². The summed E-state index contributed by atoms with van der Waals surface area (Å²) in [5.41, 5.74) is 1.54. The number of aryl methyl sites for hydroxylation is 1. The largest absolute Gasteiger partial charge is 0.357 e. The Morgan fingerprint density at radius 1 is 1.29 bits per heavy atom. The van der Waals surface area contributed by atoms with E-state index in [0.717, 1.165) is 30.4 Å². The minimum absolute atomic E-state index is 0.507. The highest BCUT2D eigenvalue weighted by atomic mass is 15.2. The van der Waals surface area contributed by atoms with Crippen LogP contribution in [0.15, 0.2) is 6.07 Å². The lowest BCUT2D eigenvalue weighted by atomic mass is 9.75. The SMILES string of the molecule is CCCNc1nc(C)cc(N(C)C2CCC(C)(C)CC2)n1. The molecule has 0 aromatic carbocycles. The molecular weight excluding hydrogens is 260 g/mol. The molecule has 0 unspecified atom stereocenters. The van der Waals surface area contributed by atoms with Crippen molar-refractivity contribution in [3.63, 3.8) is 0 Å². The van der Waals surface area contributed by atoms with E-state index in [9.17, 15) is 0 Å². The lowest BCUT2D eigenvalue weighted by Gasteiger charge is -2.39. The molecule has 0 atom stereocenters. The summed E-state index contributed by atoms with van der Waals surface area (Å²) in [6.45, 7) is 9.87. The molecule has 1 aliphatic rings. The molecular formula is C17H30N4. The Hall–Kier alpha value is -1.32. The number of rotatable bonds is 5. The molecule has 1 fully saturated rings. The lowest BCUT2D eigenvalue weighted by molar-refractivity contribution is 0.222. The van der Waals surface area contributed by atoms with Crippen molar-refractivity contribution in [2.75, 3.05) is 23.8 Å². The van der Waals surface area contributed by atoms with Gasteiger partial charge in [-0.1, -0.05) is 20.8 Å². The van der Waals surface area contributed by atoms with E-state index in [4.69, 9.17) is 0 Å². The normalized spacial score (nSPS) is 18.5. The third-order valence-corrected chi connectivity index (χ3v) is 4.59. The molecule has 0 saturated heterocycles. The molecule has 1 N–H and O–H groups in total. The zero-order valence-electron chi connectivity index (χ0n) is 14.2. The fraction of sp³-hybridized carbons (Fsp3) is 0.765. The van der Waals surface area contributed by atoms with Crippen molar-refractivity contribution in [3.8, 4) is 0 Å². The van der Waals surface area contributed by atoms with Crippen LogP contribution in [-0.4, -0.2) is 29.6 Å². The highest BCUT2D eigenvalue weighted by Crippen LogP contribution is 2.37. The fourth-order valence-corrected chi connectivity index (χ4v) is 3.01. The van der Waals surface area contributed by atoms with Crippen LogP contribution in [0.5, 0.6) is 0 Å². The number of hydrogen-bond donors (Lipinski definition) is 1. The number of nitrogens with one attached hydrogen (secondary N) is 1. The Balaban J connectivity index is 2.08. The second kappa shape index (κ2) is 6.63. The van der Waals surface area contributed by atoms with Gasteiger partial charge in [-0.25, -0.2) is 4.98 Å². The second-order valence-electron chi connectivity index (χ2n) is 7.12. The maximum absolute atomic E-state index is 4.69. The van der Waals surface area contributed by atoms with Crippen molar-refractivity contribution < 1.29 is 0 Å². The first kappa shape index (κ1) is 16.1. The molecule has 2 rings (SSSR count). The first-order valence-corrected chi connectivity index (χ1v) is 8.24. The quantitative estimate of drug-likeness (QED) is 0.889. The number of hydrogen-bond acceptors (Lipinski definition) is 4. The molecule has 0 radical (unpaired) electrons. The first-order chi connectivity index (χ1) is 9.91. The van der Waals surface area contributed by atoms with Crippen LogP contribution in [0, 0.1) is 12.3 Å². The van der Waals surface area contributed by atoms with E-state index in [1.807, 2.05) is 6.92 Å². The van der Waals surface area contributed by atoms with E-state index in [2.05, 4.69) is 54.1 Å².